The molecule has 0 saturated carbocycles. The molecule has 84 valence electrons. The average Bonchev–Trinajstić information content (AvgIpc) is 2.14. The minimum absolute atomic E-state index is 0.327. The summed E-state index contributed by atoms with van der Waals surface area (Å²) in [5.41, 5.74) is 6.62. The van der Waals surface area contributed by atoms with Gasteiger partial charge in [-0.25, -0.2) is 5.06 Å². The lowest BCUT2D eigenvalue weighted by molar-refractivity contribution is -0.457. The summed E-state index contributed by atoms with van der Waals surface area (Å²) in [5.74, 6) is 0. The van der Waals surface area contributed by atoms with E-state index in [9.17, 15) is 0 Å². The minimum Gasteiger partial charge on any atom is -0.399 e. The first-order valence-electron chi connectivity index (χ1n) is 4.41. The van der Waals surface area contributed by atoms with E-state index in [1.807, 2.05) is 0 Å². The number of anilines is 2. The van der Waals surface area contributed by atoms with Gasteiger partial charge in [0.1, 0.15) is 0 Å². The van der Waals surface area contributed by atoms with Gasteiger partial charge in [0.05, 0.1) is 5.69 Å². The number of rotatable bonds is 4. The van der Waals surface area contributed by atoms with E-state index in [1.54, 1.807) is 31.2 Å². The minimum atomic E-state index is -3.18. The Balaban J connectivity index is 2.79. The predicted octanol–water partition coefficient (Wildman–Crippen LogP) is -0.385. The summed E-state index contributed by atoms with van der Waals surface area (Å²) in [6, 6.07) is 6.53. The molecule has 0 saturated heterocycles. The Bertz CT molecular complexity index is 307. The number of nitrogens with zero attached hydrogens (tertiary/aromatic N) is 1. The summed E-state index contributed by atoms with van der Waals surface area (Å²) in [6.07, 6.45) is -3.18. The smallest absolute Gasteiger partial charge is 0.399 e. The number of nitrogen functional groups attached to an aromatic ring is 1. The summed E-state index contributed by atoms with van der Waals surface area (Å²) in [6.45, 7) is 2.05. The molecule has 0 heterocycles. The van der Waals surface area contributed by atoms with E-state index in [0.717, 1.165) is 5.06 Å². The molecule has 1 rings (SSSR count). The van der Waals surface area contributed by atoms with E-state index in [0.29, 0.717) is 17.9 Å². The SMILES string of the molecule is CCN(OC(O)(O)O)c1ccc(N)cc1. The van der Waals surface area contributed by atoms with E-state index < -0.39 is 6.16 Å². The van der Waals surface area contributed by atoms with Gasteiger partial charge < -0.3 is 21.1 Å². The Kier molecular flexibility index (Phi) is 3.48. The van der Waals surface area contributed by atoms with Crippen LogP contribution in [-0.4, -0.2) is 28.0 Å². The predicted molar refractivity (Wildman–Crippen MR) is 54.3 cm³/mol. The standard InChI is InChI=1S/C9H14N2O4/c1-2-11(15-9(12,13)14)8-5-3-7(10)4-6-8/h3-6,12-14H,2,10H2,1H3. The van der Waals surface area contributed by atoms with Crippen LogP contribution in [0.1, 0.15) is 6.92 Å². The maximum absolute atomic E-state index is 8.66. The fourth-order valence-corrected chi connectivity index (χ4v) is 1.09. The van der Waals surface area contributed by atoms with Crippen LogP contribution in [0, 0.1) is 0 Å². The number of hydroxylamine groups is 1. The third-order valence-corrected chi connectivity index (χ3v) is 1.70. The molecule has 0 aliphatic heterocycles. The monoisotopic (exact) mass is 214 g/mol. The maximum atomic E-state index is 8.66. The van der Waals surface area contributed by atoms with Crippen molar-refractivity contribution in [1.29, 1.82) is 0 Å². The van der Waals surface area contributed by atoms with Crippen LogP contribution in [0.4, 0.5) is 11.4 Å². The van der Waals surface area contributed by atoms with Crippen LogP contribution in [0.5, 0.6) is 0 Å². The Labute approximate surface area is 87.1 Å². The molecule has 5 N–H and O–H groups in total. The lowest BCUT2D eigenvalue weighted by Crippen LogP contribution is -2.40. The second kappa shape index (κ2) is 4.45. The van der Waals surface area contributed by atoms with Crippen LogP contribution in [0.2, 0.25) is 0 Å². The van der Waals surface area contributed by atoms with Gasteiger partial charge in [-0.05, 0) is 31.2 Å². The zero-order valence-corrected chi connectivity index (χ0v) is 8.29. The van der Waals surface area contributed by atoms with Crippen molar-refractivity contribution in [3.05, 3.63) is 24.3 Å². The molecule has 6 heteroatoms. The number of benzene rings is 1. The molecule has 0 radical (unpaired) electrons. The third-order valence-electron chi connectivity index (χ3n) is 1.70. The fourth-order valence-electron chi connectivity index (χ4n) is 1.09. The average molecular weight is 214 g/mol. The quantitative estimate of drug-likeness (QED) is 0.309. The molecule has 15 heavy (non-hydrogen) atoms. The van der Waals surface area contributed by atoms with E-state index >= 15 is 0 Å². The van der Waals surface area contributed by atoms with Gasteiger partial charge in [-0.15, -0.1) is 0 Å². The van der Waals surface area contributed by atoms with Gasteiger partial charge >= 0.3 is 6.16 Å². The molecule has 1 aromatic carbocycles. The number of nitrogens with two attached hydrogens (primary N) is 1. The molecule has 1 aromatic rings. The van der Waals surface area contributed by atoms with E-state index in [4.69, 9.17) is 21.1 Å². The molecule has 0 fully saturated rings. The van der Waals surface area contributed by atoms with Crippen LogP contribution < -0.4 is 10.8 Å². The molecular weight excluding hydrogens is 200 g/mol. The molecule has 0 unspecified atom stereocenters. The zero-order chi connectivity index (χ0) is 11.5. The Morgan fingerprint density at radius 3 is 2.20 bits per heavy atom. The highest BCUT2D eigenvalue weighted by Gasteiger charge is 2.24. The summed E-state index contributed by atoms with van der Waals surface area (Å²) >= 11 is 0. The Hall–Kier alpha value is -1.34. The largest absolute Gasteiger partial charge is 0.426 e. The molecular formula is C9H14N2O4. The molecule has 0 amide bonds. The van der Waals surface area contributed by atoms with Gasteiger partial charge in [0.2, 0.25) is 0 Å². The highest BCUT2D eigenvalue weighted by atomic mass is 17.0. The number of hydrogen-bond donors (Lipinski definition) is 4. The first kappa shape index (κ1) is 11.7. The van der Waals surface area contributed by atoms with Crippen LogP contribution >= 0.6 is 0 Å². The maximum Gasteiger partial charge on any atom is 0.426 e. The van der Waals surface area contributed by atoms with Crippen LogP contribution in [0.15, 0.2) is 24.3 Å². The van der Waals surface area contributed by atoms with Gasteiger partial charge in [-0.3, -0.25) is 0 Å². The lowest BCUT2D eigenvalue weighted by Gasteiger charge is -2.26. The molecule has 0 spiro atoms. The molecule has 0 aliphatic rings. The first-order chi connectivity index (χ1) is 6.92. The summed E-state index contributed by atoms with van der Waals surface area (Å²) in [4.78, 5) is 4.47. The number of hydrogen-bond acceptors (Lipinski definition) is 6. The van der Waals surface area contributed by atoms with Gasteiger partial charge in [0.15, 0.2) is 0 Å². The van der Waals surface area contributed by atoms with Gasteiger partial charge in [-0.1, -0.05) is 0 Å². The molecule has 0 bridgehead atoms. The third kappa shape index (κ3) is 3.72. The van der Waals surface area contributed by atoms with Gasteiger partial charge in [-0.2, -0.15) is 4.84 Å². The van der Waals surface area contributed by atoms with Crippen LogP contribution in [0.25, 0.3) is 0 Å². The normalized spacial score (nSPS) is 11.5. The van der Waals surface area contributed by atoms with E-state index in [-0.39, 0.29) is 0 Å². The van der Waals surface area contributed by atoms with Crippen LogP contribution in [-0.2, 0) is 4.84 Å². The fraction of sp³-hybridized carbons (Fsp3) is 0.333. The van der Waals surface area contributed by atoms with Crippen molar-refractivity contribution >= 4 is 11.4 Å². The first-order valence-corrected chi connectivity index (χ1v) is 4.41. The summed E-state index contributed by atoms with van der Waals surface area (Å²) < 4.78 is 0. The van der Waals surface area contributed by atoms with E-state index in [2.05, 4.69) is 4.84 Å². The lowest BCUT2D eigenvalue weighted by atomic mass is 10.3. The zero-order valence-electron chi connectivity index (χ0n) is 8.29. The van der Waals surface area contributed by atoms with Crippen molar-refractivity contribution in [3.8, 4) is 0 Å². The second-order valence-corrected chi connectivity index (χ2v) is 2.95. The molecule has 0 atom stereocenters. The highest BCUT2D eigenvalue weighted by molar-refractivity contribution is 5.51. The Morgan fingerprint density at radius 2 is 1.80 bits per heavy atom. The number of aliphatic hydroxyl groups is 3. The van der Waals surface area contributed by atoms with Crippen molar-refractivity contribution in [3.63, 3.8) is 0 Å². The highest BCUT2D eigenvalue weighted by Crippen LogP contribution is 2.18. The van der Waals surface area contributed by atoms with Crippen molar-refractivity contribution in [2.45, 2.75) is 13.1 Å². The van der Waals surface area contributed by atoms with E-state index in [1.165, 1.54) is 0 Å². The van der Waals surface area contributed by atoms with Crippen molar-refractivity contribution in [2.24, 2.45) is 0 Å². The van der Waals surface area contributed by atoms with Crippen molar-refractivity contribution in [1.82, 2.24) is 0 Å². The summed E-state index contributed by atoms with van der Waals surface area (Å²) in [5, 5.41) is 27.1. The Morgan fingerprint density at radius 1 is 1.27 bits per heavy atom. The molecule has 6 nitrogen and oxygen atoms in total. The summed E-state index contributed by atoms with van der Waals surface area (Å²) in [7, 11) is 0. The molecule has 0 aliphatic carbocycles. The second-order valence-electron chi connectivity index (χ2n) is 2.95. The molecule has 0 aromatic heterocycles. The van der Waals surface area contributed by atoms with Crippen molar-refractivity contribution in [2.75, 3.05) is 17.3 Å². The van der Waals surface area contributed by atoms with Gasteiger partial charge in [0, 0.05) is 12.2 Å². The topological polar surface area (TPSA) is 99.2 Å². The van der Waals surface area contributed by atoms with Crippen molar-refractivity contribution < 1.29 is 20.2 Å². The van der Waals surface area contributed by atoms with Crippen LogP contribution in [0.3, 0.4) is 0 Å². The van der Waals surface area contributed by atoms with Gasteiger partial charge in [0.25, 0.3) is 0 Å².